The fourth-order valence-electron chi connectivity index (χ4n) is 2.53. The lowest BCUT2D eigenvalue weighted by Gasteiger charge is -2.11. The van der Waals surface area contributed by atoms with Crippen molar-refractivity contribution in [2.75, 3.05) is 5.32 Å². The molecule has 1 aromatic heterocycles. The molecular weight excluding hydrogens is 373 g/mol. The van der Waals surface area contributed by atoms with Crippen molar-refractivity contribution in [2.45, 2.75) is 13.1 Å². The molecule has 2 aromatic carbocycles. The second-order valence-corrected chi connectivity index (χ2v) is 6.18. The van der Waals surface area contributed by atoms with E-state index in [2.05, 4.69) is 5.32 Å². The molecule has 27 heavy (non-hydrogen) atoms. The summed E-state index contributed by atoms with van der Waals surface area (Å²) in [6, 6.07) is 13.8. The largest absolute Gasteiger partial charge is 0.331 e. The molecule has 0 radical (unpaired) electrons. The number of rotatable bonds is 5. The Balaban J connectivity index is 1.84. The van der Waals surface area contributed by atoms with Crippen molar-refractivity contribution in [2.24, 2.45) is 0 Å². The summed E-state index contributed by atoms with van der Waals surface area (Å²) in [6.45, 7) is -0.386. The SMILES string of the molecule is O=C(Cn1c(=O)ccn(Cc2ccccc2Cl)c1=O)Nc1ccccc1F. The molecule has 6 nitrogen and oxygen atoms in total. The van der Waals surface area contributed by atoms with Crippen LogP contribution >= 0.6 is 11.6 Å². The third-order valence-corrected chi connectivity index (χ3v) is 4.26. The molecule has 0 aliphatic carbocycles. The molecule has 138 valence electrons. The second kappa shape index (κ2) is 8.01. The molecule has 3 aromatic rings. The highest BCUT2D eigenvalue weighted by molar-refractivity contribution is 6.31. The second-order valence-electron chi connectivity index (χ2n) is 5.77. The minimum absolute atomic E-state index is 0.0251. The molecule has 0 aliphatic heterocycles. The van der Waals surface area contributed by atoms with Crippen molar-refractivity contribution < 1.29 is 9.18 Å². The molecule has 3 rings (SSSR count). The van der Waals surface area contributed by atoms with Crippen LogP contribution in [0.4, 0.5) is 10.1 Å². The zero-order valence-corrected chi connectivity index (χ0v) is 14.8. The van der Waals surface area contributed by atoms with Crippen LogP contribution in [-0.4, -0.2) is 15.0 Å². The van der Waals surface area contributed by atoms with E-state index < -0.39 is 29.5 Å². The van der Waals surface area contributed by atoms with Crippen LogP contribution in [0.1, 0.15) is 5.56 Å². The number of halogens is 2. The van der Waals surface area contributed by atoms with Crippen LogP contribution < -0.4 is 16.6 Å². The molecule has 0 aliphatic rings. The Hall–Kier alpha value is -3.19. The third-order valence-electron chi connectivity index (χ3n) is 3.89. The Bertz CT molecular complexity index is 1110. The zero-order chi connectivity index (χ0) is 19.4. The first-order valence-electron chi connectivity index (χ1n) is 8.04. The van der Waals surface area contributed by atoms with Crippen molar-refractivity contribution in [1.82, 2.24) is 9.13 Å². The number of nitrogens with one attached hydrogen (secondary N) is 1. The normalized spacial score (nSPS) is 10.6. The number of aromatic nitrogens is 2. The highest BCUT2D eigenvalue weighted by Gasteiger charge is 2.12. The van der Waals surface area contributed by atoms with Crippen molar-refractivity contribution >= 4 is 23.2 Å². The van der Waals surface area contributed by atoms with Crippen LogP contribution in [0.2, 0.25) is 5.02 Å². The first-order chi connectivity index (χ1) is 13.0. The van der Waals surface area contributed by atoms with Crippen molar-refractivity contribution in [3.05, 3.63) is 98.0 Å². The highest BCUT2D eigenvalue weighted by atomic mass is 35.5. The van der Waals surface area contributed by atoms with Crippen LogP contribution in [0.3, 0.4) is 0 Å². The van der Waals surface area contributed by atoms with Gasteiger partial charge < -0.3 is 5.32 Å². The Morgan fingerprint density at radius 1 is 1.04 bits per heavy atom. The number of anilines is 1. The number of amides is 1. The van der Waals surface area contributed by atoms with Crippen molar-refractivity contribution in [1.29, 1.82) is 0 Å². The molecule has 0 saturated carbocycles. The van der Waals surface area contributed by atoms with E-state index in [1.54, 1.807) is 30.3 Å². The van der Waals surface area contributed by atoms with Crippen molar-refractivity contribution in [3.63, 3.8) is 0 Å². The predicted molar refractivity (Wildman–Crippen MR) is 101 cm³/mol. The van der Waals surface area contributed by atoms with Crippen LogP contribution in [0.15, 0.2) is 70.4 Å². The number of nitrogens with zero attached hydrogens (tertiary/aromatic N) is 2. The van der Waals surface area contributed by atoms with E-state index in [1.807, 2.05) is 0 Å². The van der Waals surface area contributed by atoms with Gasteiger partial charge in [0.25, 0.3) is 5.56 Å². The molecule has 8 heteroatoms. The van der Waals surface area contributed by atoms with Gasteiger partial charge in [0.15, 0.2) is 0 Å². The van der Waals surface area contributed by atoms with E-state index in [9.17, 15) is 18.8 Å². The third kappa shape index (κ3) is 4.32. The van der Waals surface area contributed by atoms with E-state index in [-0.39, 0.29) is 12.2 Å². The molecule has 1 amide bonds. The van der Waals surface area contributed by atoms with Gasteiger partial charge in [-0.25, -0.2) is 9.18 Å². The molecule has 0 bridgehead atoms. The molecule has 1 N–H and O–H groups in total. The van der Waals surface area contributed by atoms with E-state index in [0.29, 0.717) is 10.6 Å². The van der Waals surface area contributed by atoms with E-state index in [4.69, 9.17) is 11.6 Å². The summed E-state index contributed by atoms with van der Waals surface area (Å²) in [6.07, 6.45) is 1.35. The Labute approximate surface area is 158 Å². The van der Waals surface area contributed by atoms with Crippen LogP contribution in [0, 0.1) is 5.82 Å². The summed E-state index contributed by atoms with van der Waals surface area (Å²) in [5, 5.41) is 2.83. The standard InChI is InChI=1S/C19H15ClFN3O3/c20-14-6-2-1-5-13(14)11-23-10-9-18(26)24(19(23)27)12-17(25)22-16-8-4-3-7-15(16)21/h1-10H,11-12H2,(H,22,25). The Kier molecular flexibility index (Phi) is 5.52. The van der Waals surface area contributed by atoms with Gasteiger partial charge in [0, 0.05) is 17.3 Å². The van der Waals surface area contributed by atoms with E-state index in [1.165, 1.54) is 35.0 Å². The van der Waals surface area contributed by atoms with Gasteiger partial charge >= 0.3 is 5.69 Å². The smallest absolute Gasteiger partial charge is 0.322 e. The minimum atomic E-state index is -0.685. The van der Waals surface area contributed by atoms with Crippen LogP contribution in [0.25, 0.3) is 0 Å². The topological polar surface area (TPSA) is 73.1 Å². The van der Waals surface area contributed by atoms with Gasteiger partial charge in [-0.3, -0.25) is 18.7 Å². The number of benzene rings is 2. The fraction of sp³-hybridized carbons (Fsp3) is 0.105. The van der Waals surface area contributed by atoms with Gasteiger partial charge in [-0.1, -0.05) is 41.9 Å². The highest BCUT2D eigenvalue weighted by Crippen LogP contribution is 2.15. The maximum absolute atomic E-state index is 13.6. The summed E-state index contributed by atoms with van der Waals surface area (Å²) in [5.74, 6) is -1.29. The average Bonchev–Trinajstić information content (AvgIpc) is 2.64. The molecule has 0 unspecified atom stereocenters. The number of hydrogen-bond donors (Lipinski definition) is 1. The van der Waals surface area contributed by atoms with Crippen molar-refractivity contribution in [3.8, 4) is 0 Å². The first kappa shape index (κ1) is 18.6. The molecule has 0 atom stereocenters. The molecular formula is C19H15ClFN3O3. The van der Waals surface area contributed by atoms with E-state index >= 15 is 0 Å². The fourth-order valence-corrected chi connectivity index (χ4v) is 2.72. The lowest BCUT2D eigenvalue weighted by atomic mass is 10.2. The number of carbonyl (C=O) groups excluding carboxylic acids is 1. The lowest BCUT2D eigenvalue weighted by Crippen LogP contribution is -2.41. The maximum Gasteiger partial charge on any atom is 0.331 e. The number of carbonyl (C=O) groups is 1. The van der Waals surface area contributed by atoms with Gasteiger partial charge in [0.05, 0.1) is 12.2 Å². The summed E-state index contributed by atoms with van der Waals surface area (Å²) in [4.78, 5) is 36.8. The predicted octanol–water partition coefficient (Wildman–Crippen LogP) is 2.49. The number of hydrogen-bond acceptors (Lipinski definition) is 3. The molecule has 0 saturated heterocycles. The lowest BCUT2D eigenvalue weighted by molar-refractivity contribution is -0.116. The van der Waals surface area contributed by atoms with Gasteiger partial charge in [-0.15, -0.1) is 0 Å². The first-order valence-corrected chi connectivity index (χ1v) is 8.41. The zero-order valence-electron chi connectivity index (χ0n) is 14.1. The summed E-state index contributed by atoms with van der Waals surface area (Å²) >= 11 is 6.10. The van der Waals surface area contributed by atoms with Crippen LogP contribution in [0.5, 0.6) is 0 Å². The summed E-state index contributed by atoms with van der Waals surface area (Å²) < 4.78 is 15.7. The quantitative estimate of drug-likeness (QED) is 0.731. The van der Waals surface area contributed by atoms with Gasteiger partial charge in [-0.05, 0) is 23.8 Å². The monoisotopic (exact) mass is 387 g/mol. The van der Waals surface area contributed by atoms with Gasteiger partial charge in [0.1, 0.15) is 12.4 Å². The summed E-state index contributed by atoms with van der Waals surface area (Å²) in [5.41, 5.74) is -0.615. The summed E-state index contributed by atoms with van der Waals surface area (Å²) in [7, 11) is 0. The molecule has 0 spiro atoms. The molecule has 0 fully saturated rings. The van der Waals surface area contributed by atoms with Gasteiger partial charge in [0.2, 0.25) is 5.91 Å². The van der Waals surface area contributed by atoms with Crippen LogP contribution in [-0.2, 0) is 17.9 Å². The number of para-hydroxylation sites is 1. The minimum Gasteiger partial charge on any atom is -0.322 e. The Morgan fingerprint density at radius 3 is 2.48 bits per heavy atom. The Morgan fingerprint density at radius 2 is 1.74 bits per heavy atom. The molecule has 1 heterocycles. The average molecular weight is 388 g/mol. The maximum atomic E-state index is 13.6. The van der Waals surface area contributed by atoms with E-state index in [0.717, 1.165) is 4.57 Å². The van der Waals surface area contributed by atoms with Gasteiger partial charge in [-0.2, -0.15) is 0 Å².